The molecular weight excluding hydrogens is 386 g/mol. The van der Waals surface area contributed by atoms with Gasteiger partial charge in [-0.1, -0.05) is 6.07 Å². The number of hydrogen-bond acceptors (Lipinski definition) is 8. The van der Waals surface area contributed by atoms with Gasteiger partial charge in [0.15, 0.2) is 0 Å². The largest absolute Gasteiger partial charge is 0.497 e. The quantitative estimate of drug-likeness (QED) is 0.450. The molecule has 156 valence electrons. The SMILES string of the molecule is COc1cccc(N2CCN([C@@H](C)c3nnc(-c4ccc([N+](=O)[O-])cc4)o3)CC2)c1. The van der Waals surface area contributed by atoms with Crippen LogP contribution in [0.15, 0.2) is 52.9 Å². The van der Waals surface area contributed by atoms with Crippen molar-refractivity contribution in [1.29, 1.82) is 0 Å². The fourth-order valence-corrected chi connectivity index (χ4v) is 3.58. The van der Waals surface area contributed by atoms with Crippen molar-refractivity contribution in [2.24, 2.45) is 0 Å². The van der Waals surface area contributed by atoms with Gasteiger partial charge in [0, 0.05) is 55.6 Å². The van der Waals surface area contributed by atoms with Crippen molar-refractivity contribution < 1.29 is 14.1 Å². The normalized spacial score (nSPS) is 15.7. The summed E-state index contributed by atoms with van der Waals surface area (Å²) >= 11 is 0. The predicted molar refractivity (Wildman–Crippen MR) is 112 cm³/mol. The number of rotatable bonds is 6. The summed E-state index contributed by atoms with van der Waals surface area (Å²) < 4.78 is 11.2. The van der Waals surface area contributed by atoms with E-state index in [1.807, 2.05) is 25.1 Å². The van der Waals surface area contributed by atoms with Crippen molar-refractivity contribution in [3.05, 3.63) is 64.5 Å². The Bertz CT molecular complexity index is 1010. The van der Waals surface area contributed by atoms with Gasteiger partial charge < -0.3 is 14.1 Å². The fourth-order valence-electron chi connectivity index (χ4n) is 3.58. The molecule has 0 unspecified atom stereocenters. The van der Waals surface area contributed by atoms with Crippen LogP contribution < -0.4 is 9.64 Å². The van der Waals surface area contributed by atoms with Crippen LogP contribution in [0.2, 0.25) is 0 Å². The molecule has 9 heteroatoms. The molecule has 1 saturated heterocycles. The van der Waals surface area contributed by atoms with Crippen LogP contribution >= 0.6 is 0 Å². The number of ether oxygens (including phenoxy) is 1. The average molecular weight is 409 g/mol. The molecule has 3 aromatic rings. The zero-order valence-electron chi connectivity index (χ0n) is 16.9. The van der Waals surface area contributed by atoms with E-state index < -0.39 is 4.92 Å². The Morgan fingerprint density at radius 3 is 2.50 bits per heavy atom. The van der Waals surface area contributed by atoms with Gasteiger partial charge in [0.25, 0.3) is 5.69 Å². The van der Waals surface area contributed by atoms with Crippen molar-refractivity contribution >= 4 is 11.4 Å². The molecule has 1 fully saturated rings. The molecule has 1 aliphatic heterocycles. The highest BCUT2D eigenvalue weighted by Gasteiger charge is 2.26. The molecule has 0 spiro atoms. The van der Waals surface area contributed by atoms with Gasteiger partial charge in [0.1, 0.15) is 5.75 Å². The number of non-ortho nitro benzene ring substituents is 1. The van der Waals surface area contributed by atoms with Crippen LogP contribution in [-0.2, 0) is 0 Å². The first-order valence-corrected chi connectivity index (χ1v) is 9.76. The summed E-state index contributed by atoms with van der Waals surface area (Å²) in [7, 11) is 1.67. The van der Waals surface area contributed by atoms with Crippen LogP contribution in [0, 0.1) is 10.1 Å². The van der Waals surface area contributed by atoms with E-state index >= 15 is 0 Å². The van der Waals surface area contributed by atoms with Gasteiger partial charge in [-0.15, -0.1) is 10.2 Å². The highest BCUT2D eigenvalue weighted by Crippen LogP contribution is 2.27. The summed E-state index contributed by atoms with van der Waals surface area (Å²) in [5.74, 6) is 1.76. The molecule has 0 amide bonds. The number of nitro benzene ring substituents is 1. The molecule has 0 radical (unpaired) electrons. The maximum Gasteiger partial charge on any atom is 0.269 e. The molecule has 1 aliphatic rings. The van der Waals surface area contributed by atoms with Crippen LogP contribution in [-0.4, -0.2) is 53.3 Å². The van der Waals surface area contributed by atoms with E-state index in [1.165, 1.54) is 12.1 Å². The lowest BCUT2D eigenvalue weighted by Gasteiger charge is -2.38. The van der Waals surface area contributed by atoms with E-state index in [9.17, 15) is 10.1 Å². The standard InChI is InChI=1S/C21H23N5O4/c1-15(20-22-23-21(30-20)16-6-8-17(9-7-16)26(27)28)24-10-12-25(13-11-24)18-4-3-5-19(14-18)29-2/h3-9,14-15H,10-13H2,1-2H3/t15-/m0/s1. The van der Waals surface area contributed by atoms with Crippen molar-refractivity contribution in [1.82, 2.24) is 15.1 Å². The summed E-state index contributed by atoms with van der Waals surface area (Å²) in [4.78, 5) is 15.0. The minimum absolute atomic E-state index is 0.0169. The van der Waals surface area contributed by atoms with Crippen LogP contribution in [0.25, 0.3) is 11.5 Å². The Morgan fingerprint density at radius 1 is 1.10 bits per heavy atom. The second-order valence-corrected chi connectivity index (χ2v) is 7.15. The summed E-state index contributed by atoms with van der Waals surface area (Å²) in [5, 5.41) is 19.1. The van der Waals surface area contributed by atoms with E-state index in [-0.39, 0.29) is 11.7 Å². The highest BCUT2D eigenvalue weighted by molar-refractivity contribution is 5.55. The lowest BCUT2D eigenvalue weighted by Crippen LogP contribution is -2.47. The Kier molecular flexibility index (Phi) is 5.62. The summed E-state index contributed by atoms with van der Waals surface area (Å²) in [5.41, 5.74) is 1.84. The Morgan fingerprint density at radius 2 is 1.83 bits per heavy atom. The second kappa shape index (κ2) is 8.50. The number of aromatic nitrogens is 2. The summed E-state index contributed by atoms with van der Waals surface area (Å²) in [6.07, 6.45) is 0. The fraction of sp³-hybridized carbons (Fsp3) is 0.333. The predicted octanol–water partition coefficient (Wildman–Crippen LogP) is 3.54. The first kappa shape index (κ1) is 19.8. The van der Waals surface area contributed by atoms with E-state index in [4.69, 9.17) is 9.15 Å². The van der Waals surface area contributed by atoms with Gasteiger partial charge in [-0.05, 0) is 31.2 Å². The van der Waals surface area contributed by atoms with Crippen LogP contribution in [0.1, 0.15) is 18.9 Å². The zero-order valence-corrected chi connectivity index (χ0v) is 16.9. The van der Waals surface area contributed by atoms with E-state index in [0.29, 0.717) is 17.3 Å². The molecule has 0 bridgehead atoms. The lowest BCUT2D eigenvalue weighted by molar-refractivity contribution is -0.384. The van der Waals surface area contributed by atoms with Crippen LogP contribution in [0.5, 0.6) is 5.75 Å². The third kappa shape index (κ3) is 4.11. The van der Waals surface area contributed by atoms with Crippen LogP contribution in [0.3, 0.4) is 0 Å². The van der Waals surface area contributed by atoms with E-state index in [1.54, 1.807) is 19.2 Å². The Labute approximate surface area is 174 Å². The van der Waals surface area contributed by atoms with Gasteiger partial charge >= 0.3 is 0 Å². The molecule has 0 N–H and O–H groups in total. The van der Waals surface area contributed by atoms with E-state index in [2.05, 4.69) is 26.1 Å². The lowest BCUT2D eigenvalue weighted by atomic mass is 10.2. The second-order valence-electron chi connectivity index (χ2n) is 7.15. The number of methoxy groups -OCH3 is 1. The van der Waals surface area contributed by atoms with Crippen LogP contribution in [0.4, 0.5) is 11.4 Å². The summed E-state index contributed by atoms with van der Waals surface area (Å²) in [6, 6.07) is 14.2. The van der Waals surface area contributed by atoms with Crippen molar-refractivity contribution in [2.45, 2.75) is 13.0 Å². The molecular formula is C21H23N5O4. The van der Waals surface area contributed by atoms with Gasteiger partial charge in [0.05, 0.1) is 18.1 Å². The molecule has 4 rings (SSSR count). The first-order valence-electron chi connectivity index (χ1n) is 9.76. The molecule has 1 aromatic heterocycles. The minimum Gasteiger partial charge on any atom is -0.497 e. The maximum atomic E-state index is 10.8. The van der Waals surface area contributed by atoms with Gasteiger partial charge in [-0.2, -0.15) is 0 Å². The van der Waals surface area contributed by atoms with Crippen molar-refractivity contribution in [3.8, 4) is 17.2 Å². The zero-order chi connectivity index (χ0) is 21.1. The third-order valence-electron chi connectivity index (χ3n) is 5.40. The molecule has 1 atom stereocenters. The topological polar surface area (TPSA) is 97.8 Å². The number of anilines is 1. The monoisotopic (exact) mass is 409 g/mol. The number of hydrogen-bond donors (Lipinski definition) is 0. The maximum absolute atomic E-state index is 10.8. The number of nitro groups is 1. The Hall–Kier alpha value is -3.46. The van der Waals surface area contributed by atoms with Gasteiger partial charge in [0.2, 0.25) is 11.8 Å². The number of piperazine rings is 1. The molecule has 9 nitrogen and oxygen atoms in total. The van der Waals surface area contributed by atoms with Gasteiger partial charge in [-0.25, -0.2) is 0 Å². The Balaban J connectivity index is 1.40. The smallest absolute Gasteiger partial charge is 0.269 e. The molecule has 0 aliphatic carbocycles. The molecule has 2 aromatic carbocycles. The average Bonchev–Trinajstić information content (AvgIpc) is 3.29. The van der Waals surface area contributed by atoms with Crippen molar-refractivity contribution in [3.63, 3.8) is 0 Å². The van der Waals surface area contributed by atoms with E-state index in [0.717, 1.165) is 37.6 Å². The highest BCUT2D eigenvalue weighted by atomic mass is 16.6. The minimum atomic E-state index is -0.434. The third-order valence-corrected chi connectivity index (χ3v) is 5.40. The molecule has 0 saturated carbocycles. The number of nitrogens with zero attached hydrogens (tertiary/aromatic N) is 5. The molecule has 30 heavy (non-hydrogen) atoms. The first-order chi connectivity index (χ1) is 14.5. The number of benzene rings is 2. The van der Waals surface area contributed by atoms with Gasteiger partial charge in [-0.3, -0.25) is 15.0 Å². The summed E-state index contributed by atoms with van der Waals surface area (Å²) in [6.45, 7) is 5.57. The van der Waals surface area contributed by atoms with Crippen molar-refractivity contribution in [2.75, 3.05) is 38.2 Å². The molecule has 2 heterocycles.